The number of carbonyl (C=O) groups is 1. The van der Waals surface area contributed by atoms with Gasteiger partial charge in [0, 0.05) is 12.5 Å². The summed E-state index contributed by atoms with van der Waals surface area (Å²) in [7, 11) is 1.62. The van der Waals surface area contributed by atoms with E-state index in [1.807, 2.05) is 24.3 Å². The highest BCUT2D eigenvalue weighted by Crippen LogP contribution is 2.13. The van der Waals surface area contributed by atoms with Gasteiger partial charge in [-0.2, -0.15) is 0 Å². The number of carbonyl (C=O) groups excluding carboxylic acids is 1. The molecule has 0 aromatic heterocycles. The minimum Gasteiger partial charge on any atom is -0.497 e. The summed E-state index contributed by atoms with van der Waals surface area (Å²) in [6.07, 6.45) is 1.08. The van der Waals surface area contributed by atoms with E-state index in [2.05, 4.69) is 5.32 Å². The Morgan fingerprint density at radius 3 is 2.94 bits per heavy atom. The number of amides is 1. The number of benzene rings is 1. The van der Waals surface area contributed by atoms with E-state index in [9.17, 15) is 4.79 Å². The first kappa shape index (κ1) is 13.5. The van der Waals surface area contributed by atoms with Crippen molar-refractivity contribution in [1.29, 1.82) is 0 Å². The summed E-state index contributed by atoms with van der Waals surface area (Å²) in [5, 5.41) is 11.5. The largest absolute Gasteiger partial charge is 0.497 e. The topological polar surface area (TPSA) is 58.6 Å². The van der Waals surface area contributed by atoms with Gasteiger partial charge >= 0.3 is 0 Å². The number of aryl methyl sites for hydroxylation is 1. The van der Waals surface area contributed by atoms with Crippen LogP contribution in [0.5, 0.6) is 5.75 Å². The maximum atomic E-state index is 11.5. The van der Waals surface area contributed by atoms with Crippen molar-refractivity contribution in [2.24, 2.45) is 0 Å². The number of nitrogens with one attached hydrogen (secondary N) is 1. The lowest BCUT2D eigenvalue weighted by molar-refractivity contribution is -0.121. The Balaban J connectivity index is 2.41. The first-order valence-corrected chi connectivity index (χ1v) is 5.69. The molecule has 1 rings (SSSR count). The zero-order chi connectivity index (χ0) is 12.7. The molecule has 1 aromatic carbocycles. The lowest BCUT2D eigenvalue weighted by atomic mass is 10.1. The van der Waals surface area contributed by atoms with E-state index in [-0.39, 0.29) is 18.6 Å². The van der Waals surface area contributed by atoms with E-state index in [1.54, 1.807) is 14.0 Å². The molecule has 0 bridgehead atoms. The molecule has 0 aliphatic carbocycles. The maximum absolute atomic E-state index is 11.5. The average molecular weight is 237 g/mol. The van der Waals surface area contributed by atoms with Crippen LogP contribution in [0.1, 0.15) is 18.9 Å². The highest BCUT2D eigenvalue weighted by Gasteiger charge is 2.06. The molecule has 0 spiro atoms. The molecular weight excluding hydrogens is 218 g/mol. The molecule has 0 saturated carbocycles. The minimum atomic E-state index is -0.187. The monoisotopic (exact) mass is 237 g/mol. The highest BCUT2D eigenvalue weighted by molar-refractivity contribution is 5.76. The third-order valence-corrected chi connectivity index (χ3v) is 2.46. The van der Waals surface area contributed by atoms with Crippen LogP contribution in [0.25, 0.3) is 0 Å². The minimum absolute atomic E-state index is 0.0368. The molecule has 0 aliphatic rings. The van der Waals surface area contributed by atoms with Crippen LogP contribution >= 0.6 is 0 Å². The van der Waals surface area contributed by atoms with Gasteiger partial charge < -0.3 is 15.2 Å². The molecule has 2 N–H and O–H groups in total. The van der Waals surface area contributed by atoms with Crippen LogP contribution in [0.3, 0.4) is 0 Å². The van der Waals surface area contributed by atoms with Crippen LogP contribution in [0, 0.1) is 0 Å². The fraction of sp³-hybridized carbons (Fsp3) is 0.462. The number of rotatable bonds is 6. The lowest BCUT2D eigenvalue weighted by Crippen LogP contribution is -2.35. The van der Waals surface area contributed by atoms with Crippen LogP contribution in [0.4, 0.5) is 0 Å². The number of hydrogen-bond donors (Lipinski definition) is 2. The molecule has 1 aromatic rings. The second kappa shape index (κ2) is 6.91. The molecule has 0 saturated heterocycles. The van der Waals surface area contributed by atoms with Gasteiger partial charge in [0.05, 0.1) is 13.7 Å². The van der Waals surface area contributed by atoms with Crippen LogP contribution in [0.15, 0.2) is 24.3 Å². The fourth-order valence-corrected chi connectivity index (χ4v) is 1.48. The molecule has 0 aliphatic heterocycles. The molecule has 94 valence electrons. The van der Waals surface area contributed by atoms with E-state index in [0.29, 0.717) is 12.8 Å². The van der Waals surface area contributed by atoms with Crippen molar-refractivity contribution in [2.45, 2.75) is 25.8 Å². The van der Waals surface area contributed by atoms with Crippen LogP contribution in [-0.4, -0.2) is 30.8 Å². The Morgan fingerprint density at radius 2 is 2.29 bits per heavy atom. The summed E-state index contributed by atoms with van der Waals surface area (Å²) >= 11 is 0. The predicted molar refractivity (Wildman–Crippen MR) is 66.0 cm³/mol. The summed E-state index contributed by atoms with van der Waals surface area (Å²) in [5.41, 5.74) is 1.07. The molecule has 17 heavy (non-hydrogen) atoms. The van der Waals surface area contributed by atoms with E-state index in [4.69, 9.17) is 9.84 Å². The molecular formula is C13H19NO3. The van der Waals surface area contributed by atoms with Gasteiger partial charge in [-0.15, -0.1) is 0 Å². The molecule has 1 atom stereocenters. The van der Waals surface area contributed by atoms with Crippen molar-refractivity contribution < 1.29 is 14.6 Å². The van der Waals surface area contributed by atoms with Gasteiger partial charge in [-0.05, 0) is 31.0 Å². The number of aliphatic hydroxyl groups is 1. The van der Waals surface area contributed by atoms with Crippen LogP contribution < -0.4 is 10.1 Å². The quantitative estimate of drug-likeness (QED) is 0.779. The standard InChI is InChI=1S/C13H19NO3/c1-10(9-15)14-13(16)7-6-11-4-3-5-12(8-11)17-2/h3-5,8,10,15H,6-7,9H2,1-2H3,(H,14,16). The lowest BCUT2D eigenvalue weighted by Gasteiger charge is -2.10. The van der Waals surface area contributed by atoms with E-state index in [0.717, 1.165) is 11.3 Å². The Bertz CT molecular complexity index is 365. The first-order chi connectivity index (χ1) is 8.15. The van der Waals surface area contributed by atoms with Crippen LogP contribution in [-0.2, 0) is 11.2 Å². The number of methoxy groups -OCH3 is 1. The van der Waals surface area contributed by atoms with E-state index in [1.165, 1.54) is 0 Å². The maximum Gasteiger partial charge on any atom is 0.220 e. The first-order valence-electron chi connectivity index (χ1n) is 5.69. The predicted octanol–water partition coefficient (Wildman–Crippen LogP) is 1.12. The molecule has 1 amide bonds. The Hall–Kier alpha value is -1.55. The number of aliphatic hydroxyl groups excluding tert-OH is 1. The third kappa shape index (κ3) is 4.87. The van der Waals surface area contributed by atoms with Crippen molar-refractivity contribution in [1.82, 2.24) is 5.32 Å². The zero-order valence-electron chi connectivity index (χ0n) is 10.3. The summed E-state index contributed by atoms with van der Waals surface area (Å²) in [6, 6.07) is 7.47. The molecule has 0 heterocycles. The van der Waals surface area contributed by atoms with Gasteiger partial charge in [-0.3, -0.25) is 4.79 Å². The van der Waals surface area contributed by atoms with Crippen molar-refractivity contribution >= 4 is 5.91 Å². The van der Waals surface area contributed by atoms with Crippen molar-refractivity contribution in [2.75, 3.05) is 13.7 Å². The van der Waals surface area contributed by atoms with Gasteiger partial charge in [0.2, 0.25) is 5.91 Å². The van der Waals surface area contributed by atoms with Gasteiger partial charge in [0.1, 0.15) is 5.75 Å². The Labute approximate surface area is 102 Å². The zero-order valence-corrected chi connectivity index (χ0v) is 10.3. The van der Waals surface area contributed by atoms with Gasteiger partial charge in [0.15, 0.2) is 0 Å². The van der Waals surface area contributed by atoms with Crippen molar-refractivity contribution in [3.63, 3.8) is 0 Å². The van der Waals surface area contributed by atoms with Gasteiger partial charge in [0.25, 0.3) is 0 Å². The van der Waals surface area contributed by atoms with Crippen molar-refractivity contribution in [3.05, 3.63) is 29.8 Å². The highest BCUT2D eigenvalue weighted by atomic mass is 16.5. The van der Waals surface area contributed by atoms with Gasteiger partial charge in [-0.25, -0.2) is 0 Å². The summed E-state index contributed by atoms with van der Waals surface area (Å²) < 4.78 is 5.11. The molecule has 0 fully saturated rings. The van der Waals surface area contributed by atoms with Gasteiger partial charge in [-0.1, -0.05) is 12.1 Å². The molecule has 4 heteroatoms. The summed E-state index contributed by atoms with van der Waals surface area (Å²) in [6.45, 7) is 1.73. The molecule has 1 unspecified atom stereocenters. The fourth-order valence-electron chi connectivity index (χ4n) is 1.48. The Morgan fingerprint density at radius 1 is 1.53 bits per heavy atom. The van der Waals surface area contributed by atoms with Crippen molar-refractivity contribution in [3.8, 4) is 5.75 Å². The summed E-state index contributed by atoms with van der Waals surface area (Å²) in [4.78, 5) is 11.5. The number of ether oxygens (including phenoxy) is 1. The number of hydrogen-bond acceptors (Lipinski definition) is 3. The van der Waals surface area contributed by atoms with E-state index >= 15 is 0 Å². The average Bonchev–Trinajstić information content (AvgIpc) is 2.36. The summed E-state index contributed by atoms with van der Waals surface area (Å²) in [5.74, 6) is 0.751. The molecule has 0 radical (unpaired) electrons. The van der Waals surface area contributed by atoms with Crippen LogP contribution in [0.2, 0.25) is 0 Å². The van der Waals surface area contributed by atoms with E-state index < -0.39 is 0 Å². The normalized spacial score (nSPS) is 11.9. The SMILES string of the molecule is COc1cccc(CCC(=O)NC(C)CO)c1. The second-order valence-corrected chi connectivity index (χ2v) is 4.00. The Kier molecular flexibility index (Phi) is 5.49. The second-order valence-electron chi connectivity index (χ2n) is 4.00. The molecule has 4 nitrogen and oxygen atoms in total. The third-order valence-electron chi connectivity index (χ3n) is 2.46. The smallest absolute Gasteiger partial charge is 0.220 e.